The predicted molar refractivity (Wildman–Crippen MR) is 129 cm³/mol. The topological polar surface area (TPSA) is 60.9 Å². The van der Waals surface area contributed by atoms with Gasteiger partial charge in [-0.25, -0.2) is 4.79 Å². The Morgan fingerprint density at radius 2 is 1.66 bits per heavy atom. The lowest BCUT2D eigenvalue weighted by atomic mass is 10.0. The summed E-state index contributed by atoms with van der Waals surface area (Å²) in [4.78, 5) is 29.1. The van der Waals surface area contributed by atoms with E-state index in [9.17, 15) is 14.7 Å². The quantitative estimate of drug-likeness (QED) is 0.673. The first-order valence-electron chi connectivity index (χ1n) is 11.8. The monoisotopic (exact) mass is 436 g/mol. The van der Waals surface area contributed by atoms with Gasteiger partial charge in [-0.15, -0.1) is 0 Å². The van der Waals surface area contributed by atoms with Crippen LogP contribution in [-0.2, 0) is 17.9 Å². The molecule has 5 heteroatoms. The third-order valence-electron chi connectivity index (χ3n) is 6.28. The summed E-state index contributed by atoms with van der Waals surface area (Å²) >= 11 is 0. The first-order valence-corrected chi connectivity index (χ1v) is 11.8. The molecule has 0 fully saturated rings. The lowest BCUT2D eigenvalue weighted by Crippen LogP contribution is -2.37. The number of aromatic carboxylic acids is 1. The Bertz CT molecular complexity index is 938. The summed E-state index contributed by atoms with van der Waals surface area (Å²) in [6.07, 6.45) is 5.53. The Balaban J connectivity index is 2.02. The van der Waals surface area contributed by atoms with Gasteiger partial charge < -0.3 is 10.0 Å². The molecule has 172 valence electrons. The average Bonchev–Trinajstić information content (AvgIpc) is 2.76. The number of nitrogens with zero attached hydrogens (tertiary/aromatic N) is 2. The smallest absolute Gasteiger partial charge is 0.335 e. The molecule has 1 N–H and O–H groups in total. The number of fused-ring (bicyclic) bond motifs is 1. The van der Waals surface area contributed by atoms with Crippen molar-refractivity contribution in [3.05, 3.63) is 64.7 Å². The van der Waals surface area contributed by atoms with Gasteiger partial charge in [0, 0.05) is 31.2 Å². The summed E-state index contributed by atoms with van der Waals surface area (Å²) in [6.45, 7) is 9.03. The van der Waals surface area contributed by atoms with Gasteiger partial charge in [-0.2, -0.15) is 0 Å². The maximum absolute atomic E-state index is 13.1. The fourth-order valence-corrected chi connectivity index (χ4v) is 4.39. The second-order valence-electron chi connectivity index (χ2n) is 9.20. The van der Waals surface area contributed by atoms with Crippen LogP contribution in [0.25, 0.3) is 0 Å². The third-order valence-corrected chi connectivity index (χ3v) is 6.28. The van der Waals surface area contributed by atoms with Crippen LogP contribution >= 0.6 is 0 Å². The number of aryl methyl sites for hydroxylation is 1. The van der Waals surface area contributed by atoms with Gasteiger partial charge in [-0.05, 0) is 61.2 Å². The molecule has 3 rings (SSSR count). The van der Waals surface area contributed by atoms with Crippen LogP contribution in [0.15, 0.2) is 42.5 Å². The van der Waals surface area contributed by atoms with Crippen LogP contribution in [0.1, 0.15) is 73.0 Å². The number of rotatable bonds is 4. The van der Waals surface area contributed by atoms with Crippen LogP contribution in [0.4, 0.5) is 5.69 Å². The summed E-state index contributed by atoms with van der Waals surface area (Å²) in [5.41, 5.74) is 4.57. The van der Waals surface area contributed by atoms with Crippen LogP contribution < -0.4 is 4.90 Å². The Morgan fingerprint density at radius 3 is 2.34 bits per heavy atom. The van der Waals surface area contributed by atoms with Crippen molar-refractivity contribution < 1.29 is 14.7 Å². The number of amides is 1. The van der Waals surface area contributed by atoms with E-state index >= 15 is 0 Å². The fourth-order valence-electron chi connectivity index (χ4n) is 4.39. The van der Waals surface area contributed by atoms with Crippen molar-refractivity contribution in [3.63, 3.8) is 0 Å². The van der Waals surface area contributed by atoms with E-state index in [1.807, 2.05) is 24.8 Å². The Kier molecular flexibility index (Phi) is 8.46. The zero-order valence-electron chi connectivity index (χ0n) is 19.6. The number of hydrogen-bond donors (Lipinski definition) is 1. The Labute approximate surface area is 192 Å². The molecule has 1 aliphatic heterocycles. The van der Waals surface area contributed by atoms with Gasteiger partial charge in [0.05, 0.1) is 5.56 Å². The molecule has 1 heterocycles. The second kappa shape index (κ2) is 11.3. The normalized spacial score (nSPS) is 16.2. The molecule has 2 aromatic rings. The molecule has 0 atom stereocenters. The molecule has 5 nitrogen and oxygen atoms in total. The number of benzene rings is 2. The maximum Gasteiger partial charge on any atom is 0.335 e. The number of carbonyl (C=O) groups is 2. The molecule has 0 bridgehead atoms. The lowest BCUT2D eigenvalue weighted by Gasteiger charge is -2.31. The molecule has 0 unspecified atom stereocenters. The van der Waals surface area contributed by atoms with E-state index in [1.54, 1.807) is 12.1 Å². The molecular formula is C27H36N2O3. The highest BCUT2D eigenvalue weighted by Gasteiger charge is 2.23. The molecule has 2 aromatic carbocycles. The van der Waals surface area contributed by atoms with Gasteiger partial charge in [0.25, 0.3) is 0 Å². The maximum atomic E-state index is 13.1. The largest absolute Gasteiger partial charge is 0.478 e. The first kappa shape index (κ1) is 24.0. The highest BCUT2D eigenvalue weighted by Crippen LogP contribution is 2.28. The van der Waals surface area contributed by atoms with E-state index in [4.69, 9.17) is 0 Å². The van der Waals surface area contributed by atoms with Gasteiger partial charge in [0.2, 0.25) is 5.91 Å². The minimum atomic E-state index is -0.939. The van der Waals surface area contributed by atoms with Crippen molar-refractivity contribution in [2.24, 2.45) is 5.92 Å². The predicted octanol–water partition coefficient (Wildman–Crippen LogP) is 5.65. The van der Waals surface area contributed by atoms with Gasteiger partial charge >= 0.3 is 5.97 Å². The molecule has 0 saturated carbocycles. The molecule has 0 aliphatic carbocycles. The van der Waals surface area contributed by atoms with Crippen molar-refractivity contribution >= 4 is 17.6 Å². The zero-order chi connectivity index (χ0) is 23.1. The lowest BCUT2D eigenvalue weighted by molar-refractivity contribution is -0.121. The zero-order valence-corrected chi connectivity index (χ0v) is 19.6. The van der Waals surface area contributed by atoms with E-state index in [0.717, 1.165) is 43.6 Å². The van der Waals surface area contributed by atoms with Crippen molar-refractivity contribution in [3.8, 4) is 0 Å². The standard InChI is InChI=1S/C27H36N2O3/c1-20(2)26(30)29-16-10-6-4-5-9-15-28(18-23-12-8-7-11-21(23)3)19-24-17-22(27(31)32)13-14-25(24)29/h7-8,11-14,17,20H,4-6,9-10,15-16,18-19H2,1-3H3,(H,31,32). The van der Waals surface area contributed by atoms with Crippen molar-refractivity contribution in [1.29, 1.82) is 0 Å². The molecule has 32 heavy (non-hydrogen) atoms. The highest BCUT2D eigenvalue weighted by atomic mass is 16.4. The van der Waals surface area contributed by atoms with Crippen LogP contribution in [0.3, 0.4) is 0 Å². The van der Waals surface area contributed by atoms with Crippen LogP contribution in [-0.4, -0.2) is 35.0 Å². The number of carboxylic acids is 1. The van der Waals surface area contributed by atoms with E-state index in [-0.39, 0.29) is 17.4 Å². The average molecular weight is 437 g/mol. The first-order chi connectivity index (χ1) is 15.4. The highest BCUT2D eigenvalue weighted by molar-refractivity contribution is 5.96. The van der Waals surface area contributed by atoms with Gasteiger partial charge in [-0.3, -0.25) is 9.69 Å². The molecule has 0 aromatic heterocycles. The number of carboxylic acid groups (broad SMARTS) is 1. The number of hydrogen-bond acceptors (Lipinski definition) is 3. The van der Waals surface area contributed by atoms with Gasteiger partial charge in [0.1, 0.15) is 0 Å². The second-order valence-corrected chi connectivity index (χ2v) is 9.20. The van der Waals surface area contributed by atoms with Crippen molar-refractivity contribution in [2.75, 3.05) is 18.0 Å². The Morgan fingerprint density at radius 1 is 0.969 bits per heavy atom. The summed E-state index contributed by atoms with van der Waals surface area (Å²) in [5, 5.41) is 9.60. The Hall–Kier alpha value is -2.66. The molecule has 1 amide bonds. The minimum Gasteiger partial charge on any atom is -0.478 e. The van der Waals surface area contributed by atoms with Gasteiger partial charge in [0.15, 0.2) is 0 Å². The summed E-state index contributed by atoms with van der Waals surface area (Å²) in [7, 11) is 0. The fraction of sp³-hybridized carbons (Fsp3) is 0.481. The summed E-state index contributed by atoms with van der Waals surface area (Å²) < 4.78 is 0. The molecular weight excluding hydrogens is 400 g/mol. The summed E-state index contributed by atoms with van der Waals surface area (Å²) in [6, 6.07) is 13.6. The summed E-state index contributed by atoms with van der Waals surface area (Å²) in [5.74, 6) is -0.957. The SMILES string of the molecule is Cc1ccccc1CN1CCCCCCCN(C(=O)C(C)C)c2ccc(C(=O)O)cc2C1. The molecule has 1 aliphatic rings. The van der Waals surface area contributed by atoms with Crippen molar-refractivity contribution in [2.45, 2.75) is 66.0 Å². The molecule has 0 spiro atoms. The minimum absolute atomic E-state index is 0.0943. The van der Waals surface area contributed by atoms with E-state index < -0.39 is 5.97 Å². The van der Waals surface area contributed by atoms with Crippen LogP contribution in [0.2, 0.25) is 0 Å². The number of carbonyl (C=O) groups excluding carboxylic acids is 1. The third kappa shape index (κ3) is 6.19. The molecule has 0 radical (unpaired) electrons. The van der Waals surface area contributed by atoms with E-state index in [2.05, 4.69) is 36.1 Å². The van der Waals surface area contributed by atoms with Crippen LogP contribution in [0, 0.1) is 12.8 Å². The van der Waals surface area contributed by atoms with E-state index in [0.29, 0.717) is 13.1 Å². The number of anilines is 1. The van der Waals surface area contributed by atoms with E-state index in [1.165, 1.54) is 24.0 Å². The van der Waals surface area contributed by atoms with Crippen molar-refractivity contribution in [1.82, 2.24) is 4.90 Å². The van der Waals surface area contributed by atoms with Crippen LogP contribution in [0.5, 0.6) is 0 Å². The molecule has 0 saturated heterocycles. The van der Waals surface area contributed by atoms with Gasteiger partial charge in [-0.1, -0.05) is 57.4 Å².